The van der Waals surface area contributed by atoms with Crippen molar-refractivity contribution in [3.8, 4) is 0 Å². The van der Waals surface area contributed by atoms with Crippen molar-refractivity contribution in [3.63, 3.8) is 0 Å². The smallest absolute Gasteiger partial charge is 0.412 e. The number of benzene rings is 2. The predicted octanol–water partition coefficient (Wildman–Crippen LogP) is 4.04. The van der Waals surface area contributed by atoms with Crippen LogP contribution in [0.25, 0.3) is 0 Å². The number of carbonyl (C=O) groups excluding carboxylic acids is 2. The lowest BCUT2D eigenvalue weighted by Gasteiger charge is -2.19. The summed E-state index contributed by atoms with van der Waals surface area (Å²) in [5.41, 5.74) is 3.03. The van der Waals surface area contributed by atoms with E-state index in [9.17, 15) is 9.59 Å². The number of rotatable bonds is 7. The van der Waals surface area contributed by atoms with E-state index < -0.39 is 11.7 Å². The maximum Gasteiger partial charge on any atom is 0.412 e. The first-order chi connectivity index (χ1) is 13.2. The van der Waals surface area contributed by atoms with E-state index in [0.717, 1.165) is 16.7 Å². The van der Waals surface area contributed by atoms with Crippen LogP contribution >= 0.6 is 0 Å². The molecule has 0 aliphatic carbocycles. The molecule has 0 aromatic heterocycles. The number of ether oxygens (including phenoxy) is 2. The minimum absolute atomic E-state index is 0.0648. The molecule has 2 aromatic rings. The van der Waals surface area contributed by atoms with Gasteiger partial charge < -0.3 is 14.8 Å². The number of methoxy groups -OCH3 is 1. The summed E-state index contributed by atoms with van der Waals surface area (Å²) in [6.45, 7) is 6.44. The van der Waals surface area contributed by atoms with Crippen LogP contribution in [-0.4, -0.2) is 24.7 Å². The van der Waals surface area contributed by atoms with E-state index in [2.05, 4.69) is 10.6 Å². The summed E-state index contributed by atoms with van der Waals surface area (Å²) in [6, 6.07) is 15.0. The molecule has 0 aliphatic rings. The molecule has 0 bridgehead atoms. The SMILES string of the molecule is COCc1cccc(CNC(=O)Cc2ccc(NC(=O)OC(C)(C)C)cc2)c1. The Morgan fingerprint density at radius 2 is 1.64 bits per heavy atom. The van der Waals surface area contributed by atoms with E-state index >= 15 is 0 Å². The van der Waals surface area contributed by atoms with Gasteiger partial charge in [-0.2, -0.15) is 0 Å². The molecule has 0 saturated heterocycles. The summed E-state index contributed by atoms with van der Waals surface area (Å²) in [5, 5.41) is 5.59. The molecule has 2 aromatic carbocycles. The van der Waals surface area contributed by atoms with Crippen LogP contribution in [-0.2, 0) is 33.8 Å². The van der Waals surface area contributed by atoms with Gasteiger partial charge in [0.15, 0.2) is 0 Å². The van der Waals surface area contributed by atoms with Crippen LogP contribution in [0.4, 0.5) is 10.5 Å². The molecule has 28 heavy (non-hydrogen) atoms. The van der Waals surface area contributed by atoms with Crippen molar-refractivity contribution in [3.05, 3.63) is 65.2 Å². The van der Waals surface area contributed by atoms with Crippen molar-refractivity contribution < 1.29 is 19.1 Å². The predicted molar refractivity (Wildman–Crippen MR) is 109 cm³/mol. The molecule has 2 N–H and O–H groups in total. The van der Waals surface area contributed by atoms with Crippen LogP contribution in [0, 0.1) is 0 Å². The van der Waals surface area contributed by atoms with Gasteiger partial charge in [0.2, 0.25) is 5.91 Å². The van der Waals surface area contributed by atoms with Gasteiger partial charge >= 0.3 is 6.09 Å². The third-order valence-electron chi connectivity index (χ3n) is 3.76. The van der Waals surface area contributed by atoms with Crippen LogP contribution in [0.3, 0.4) is 0 Å². The van der Waals surface area contributed by atoms with Crippen molar-refractivity contribution >= 4 is 17.7 Å². The molecule has 2 amide bonds. The lowest BCUT2D eigenvalue weighted by Crippen LogP contribution is -2.27. The molecule has 0 saturated carbocycles. The van der Waals surface area contributed by atoms with Gasteiger partial charge in [-0.15, -0.1) is 0 Å². The van der Waals surface area contributed by atoms with Crippen molar-refractivity contribution in [1.82, 2.24) is 5.32 Å². The monoisotopic (exact) mass is 384 g/mol. The summed E-state index contributed by atoms with van der Waals surface area (Å²) in [4.78, 5) is 24.0. The molecule has 2 rings (SSSR count). The standard InChI is InChI=1S/C22H28N2O4/c1-22(2,3)28-21(26)24-19-10-8-16(9-11-19)13-20(25)23-14-17-6-5-7-18(12-17)15-27-4/h5-12H,13-15H2,1-4H3,(H,23,25)(H,24,26). The highest BCUT2D eigenvalue weighted by Gasteiger charge is 2.16. The van der Waals surface area contributed by atoms with Crippen molar-refractivity contribution in [2.24, 2.45) is 0 Å². The minimum Gasteiger partial charge on any atom is -0.444 e. The van der Waals surface area contributed by atoms with E-state index in [0.29, 0.717) is 18.8 Å². The molecule has 0 fully saturated rings. The third kappa shape index (κ3) is 7.80. The van der Waals surface area contributed by atoms with Gasteiger partial charge in [-0.25, -0.2) is 4.79 Å². The lowest BCUT2D eigenvalue weighted by molar-refractivity contribution is -0.120. The molecular formula is C22H28N2O4. The summed E-state index contributed by atoms with van der Waals surface area (Å²) >= 11 is 0. The molecule has 6 heteroatoms. The molecule has 150 valence electrons. The van der Waals surface area contributed by atoms with Gasteiger partial charge in [0, 0.05) is 19.3 Å². The molecule has 0 spiro atoms. The highest BCUT2D eigenvalue weighted by atomic mass is 16.6. The molecule has 0 unspecified atom stereocenters. The Morgan fingerprint density at radius 1 is 0.964 bits per heavy atom. The van der Waals surface area contributed by atoms with Crippen LogP contribution < -0.4 is 10.6 Å². The van der Waals surface area contributed by atoms with Gasteiger partial charge in [0.05, 0.1) is 13.0 Å². The van der Waals surface area contributed by atoms with Gasteiger partial charge in [-0.3, -0.25) is 10.1 Å². The Hall–Kier alpha value is -2.86. The van der Waals surface area contributed by atoms with E-state index in [1.165, 1.54) is 0 Å². The fraction of sp³-hybridized carbons (Fsp3) is 0.364. The second-order valence-corrected chi connectivity index (χ2v) is 7.53. The first-order valence-electron chi connectivity index (χ1n) is 9.17. The zero-order valence-electron chi connectivity index (χ0n) is 16.9. The second-order valence-electron chi connectivity index (χ2n) is 7.53. The molecule has 0 aliphatic heterocycles. The fourth-order valence-corrected chi connectivity index (χ4v) is 2.57. The molecule has 0 heterocycles. The zero-order chi connectivity index (χ0) is 20.6. The van der Waals surface area contributed by atoms with Crippen LogP contribution in [0.1, 0.15) is 37.5 Å². The number of carbonyl (C=O) groups is 2. The van der Waals surface area contributed by atoms with E-state index in [1.54, 1.807) is 19.2 Å². The summed E-state index contributed by atoms with van der Waals surface area (Å²) < 4.78 is 10.3. The van der Waals surface area contributed by atoms with Crippen molar-refractivity contribution in [2.45, 2.75) is 45.9 Å². The highest BCUT2D eigenvalue weighted by molar-refractivity contribution is 5.85. The maximum atomic E-state index is 12.2. The maximum absolute atomic E-state index is 12.2. The molecule has 0 atom stereocenters. The quantitative estimate of drug-likeness (QED) is 0.755. The Morgan fingerprint density at radius 3 is 2.29 bits per heavy atom. The molecular weight excluding hydrogens is 356 g/mol. The number of amides is 2. The van der Waals surface area contributed by atoms with Crippen LogP contribution in [0.5, 0.6) is 0 Å². The molecule has 6 nitrogen and oxygen atoms in total. The Kier molecular flexibility index (Phi) is 7.58. The lowest BCUT2D eigenvalue weighted by atomic mass is 10.1. The Labute approximate surface area is 166 Å². The van der Waals surface area contributed by atoms with Gasteiger partial charge in [0.25, 0.3) is 0 Å². The summed E-state index contributed by atoms with van der Waals surface area (Å²) in [6.07, 6.45) is -0.238. The zero-order valence-corrected chi connectivity index (χ0v) is 16.9. The summed E-state index contributed by atoms with van der Waals surface area (Å²) in [5.74, 6) is -0.0648. The van der Waals surface area contributed by atoms with E-state index in [-0.39, 0.29) is 12.3 Å². The van der Waals surface area contributed by atoms with E-state index in [1.807, 2.05) is 57.2 Å². The van der Waals surface area contributed by atoms with Crippen LogP contribution in [0.2, 0.25) is 0 Å². The first kappa shape index (κ1) is 21.4. The van der Waals surface area contributed by atoms with Gasteiger partial charge in [-0.05, 0) is 49.6 Å². The third-order valence-corrected chi connectivity index (χ3v) is 3.76. The van der Waals surface area contributed by atoms with Gasteiger partial charge in [-0.1, -0.05) is 36.4 Å². The number of anilines is 1. The average Bonchev–Trinajstić information content (AvgIpc) is 2.61. The number of hydrogen-bond donors (Lipinski definition) is 2. The second kappa shape index (κ2) is 9.90. The molecule has 0 radical (unpaired) electrons. The topological polar surface area (TPSA) is 76.7 Å². The fourth-order valence-electron chi connectivity index (χ4n) is 2.57. The van der Waals surface area contributed by atoms with Crippen molar-refractivity contribution in [2.75, 3.05) is 12.4 Å². The average molecular weight is 384 g/mol. The number of hydrogen-bond acceptors (Lipinski definition) is 4. The Bertz CT molecular complexity index is 795. The van der Waals surface area contributed by atoms with Crippen LogP contribution in [0.15, 0.2) is 48.5 Å². The van der Waals surface area contributed by atoms with Crippen molar-refractivity contribution in [1.29, 1.82) is 0 Å². The highest BCUT2D eigenvalue weighted by Crippen LogP contribution is 2.13. The number of nitrogens with one attached hydrogen (secondary N) is 2. The summed E-state index contributed by atoms with van der Waals surface area (Å²) in [7, 11) is 1.66. The first-order valence-corrected chi connectivity index (χ1v) is 9.17. The van der Waals surface area contributed by atoms with E-state index in [4.69, 9.17) is 9.47 Å². The normalized spacial score (nSPS) is 11.0. The Balaban J connectivity index is 1.82. The minimum atomic E-state index is -0.550. The largest absolute Gasteiger partial charge is 0.444 e. The van der Waals surface area contributed by atoms with Gasteiger partial charge in [0.1, 0.15) is 5.60 Å².